The highest BCUT2D eigenvalue weighted by molar-refractivity contribution is 7.08. The predicted octanol–water partition coefficient (Wildman–Crippen LogP) is 2.92. The van der Waals surface area contributed by atoms with E-state index >= 15 is 0 Å². The monoisotopic (exact) mass is 329 g/mol. The lowest BCUT2D eigenvalue weighted by Crippen LogP contribution is -2.49. The van der Waals surface area contributed by atoms with Gasteiger partial charge in [0.05, 0.1) is 5.56 Å². The number of thiophene rings is 1. The van der Waals surface area contributed by atoms with Gasteiger partial charge in [-0.1, -0.05) is 6.07 Å². The largest absolute Gasteiger partial charge is 0.337 e. The van der Waals surface area contributed by atoms with Crippen LogP contribution in [0.25, 0.3) is 0 Å². The second kappa shape index (κ2) is 7.70. The number of hydrogen-bond donors (Lipinski definition) is 0. The van der Waals surface area contributed by atoms with Gasteiger partial charge in [0.15, 0.2) is 0 Å². The third-order valence-electron chi connectivity index (χ3n) is 4.52. The number of pyridine rings is 1. The third kappa shape index (κ3) is 4.18. The molecule has 2 aromatic rings. The zero-order valence-electron chi connectivity index (χ0n) is 13.5. The van der Waals surface area contributed by atoms with Crippen LogP contribution in [-0.2, 0) is 6.42 Å². The molecule has 0 aromatic carbocycles. The molecule has 5 heteroatoms. The average molecular weight is 329 g/mol. The second-order valence-electron chi connectivity index (χ2n) is 6.11. The molecule has 0 spiro atoms. The first-order valence-electron chi connectivity index (χ1n) is 8.15. The summed E-state index contributed by atoms with van der Waals surface area (Å²) in [5.41, 5.74) is 1.95. The topological polar surface area (TPSA) is 36.4 Å². The number of rotatable bonds is 5. The van der Waals surface area contributed by atoms with E-state index in [4.69, 9.17) is 0 Å². The fraction of sp³-hybridized carbons (Fsp3) is 0.444. The minimum absolute atomic E-state index is 0.175. The van der Waals surface area contributed by atoms with Crippen molar-refractivity contribution in [2.75, 3.05) is 26.7 Å². The Morgan fingerprint density at radius 3 is 3.09 bits per heavy atom. The first kappa shape index (κ1) is 16.1. The van der Waals surface area contributed by atoms with Gasteiger partial charge in [-0.05, 0) is 43.5 Å². The summed E-state index contributed by atoms with van der Waals surface area (Å²) in [6, 6.07) is 8.41. The summed E-state index contributed by atoms with van der Waals surface area (Å²) in [7, 11) is 2.16. The summed E-state index contributed by atoms with van der Waals surface area (Å²) in [5.74, 6) is 0.175. The minimum Gasteiger partial charge on any atom is -0.337 e. The Labute approximate surface area is 141 Å². The Kier molecular flexibility index (Phi) is 5.41. The van der Waals surface area contributed by atoms with Gasteiger partial charge in [0.25, 0.3) is 5.91 Å². The molecule has 2 aromatic heterocycles. The van der Waals surface area contributed by atoms with Crippen molar-refractivity contribution >= 4 is 17.2 Å². The Morgan fingerprint density at radius 1 is 1.43 bits per heavy atom. The summed E-state index contributed by atoms with van der Waals surface area (Å²) in [6.45, 7) is 2.68. The average Bonchev–Trinajstić information content (AvgIpc) is 3.14. The first-order chi connectivity index (χ1) is 11.2. The van der Waals surface area contributed by atoms with Crippen molar-refractivity contribution in [2.45, 2.75) is 25.3 Å². The number of amides is 1. The first-order valence-corrected chi connectivity index (χ1v) is 9.10. The summed E-state index contributed by atoms with van der Waals surface area (Å²) < 4.78 is 0. The number of likely N-dealkylation sites (tertiary alicyclic amines) is 1. The molecule has 1 atom stereocenters. The van der Waals surface area contributed by atoms with Crippen LogP contribution >= 0.6 is 11.3 Å². The number of piperidine rings is 1. The van der Waals surface area contributed by atoms with Crippen LogP contribution in [0.1, 0.15) is 28.9 Å². The minimum atomic E-state index is 0.175. The van der Waals surface area contributed by atoms with Gasteiger partial charge in [-0.25, -0.2) is 0 Å². The van der Waals surface area contributed by atoms with E-state index < -0.39 is 0 Å². The zero-order chi connectivity index (χ0) is 16.1. The van der Waals surface area contributed by atoms with Crippen LogP contribution in [0.2, 0.25) is 0 Å². The van der Waals surface area contributed by atoms with Crippen LogP contribution in [-0.4, -0.2) is 53.4 Å². The fourth-order valence-corrected chi connectivity index (χ4v) is 3.72. The molecule has 23 heavy (non-hydrogen) atoms. The molecule has 122 valence electrons. The quantitative estimate of drug-likeness (QED) is 0.846. The van der Waals surface area contributed by atoms with Gasteiger partial charge in [0.2, 0.25) is 0 Å². The molecule has 0 N–H and O–H groups in total. The van der Waals surface area contributed by atoms with Gasteiger partial charge in [0, 0.05) is 49.4 Å². The summed E-state index contributed by atoms with van der Waals surface area (Å²) in [4.78, 5) is 21.3. The lowest BCUT2D eigenvalue weighted by molar-refractivity contribution is 0.0612. The molecule has 1 amide bonds. The van der Waals surface area contributed by atoms with Crippen molar-refractivity contribution in [3.05, 3.63) is 52.5 Å². The van der Waals surface area contributed by atoms with E-state index in [-0.39, 0.29) is 5.91 Å². The van der Waals surface area contributed by atoms with Crippen molar-refractivity contribution in [3.63, 3.8) is 0 Å². The third-order valence-corrected chi connectivity index (χ3v) is 5.21. The van der Waals surface area contributed by atoms with Crippen LogP contribution in [0.4, 0.5) is 0 Å². The maximum atomic E-state index is 12.5. The molecule has 3 rings (SSSR count). The van der Waals surface area contributed by atoms with Crippen molar-refractivity contribution in [2.24, 2.45) is 0 Å². The molecule has 0 bridgehead atoms. The molecule has 1 fully saturated rings. The van der Waals surface area contributed by atoms with Gasteiger partial charge < -0.3 is 9.80 Å². The number of carbonyl (C=O) groups is 1. The Balaban J connectivity index is 1.54. The number of hydrogen-bond acceptors (Lipinski definition) is 4. The van der Waals surface area contributed by atoms with Crippen LogP contribution in [0, 0.1) is 0 Å². The maximum absolute atomic E-state index is 12.5. The molecule has 0 aliphatic carbocycles. The Bertz CT molecular complexity index is 614. The number of carbonyl (C=O) groups excluding carboxylic acids is 1. The number of aromatic nitrogens is 1. The number of likely N-dealkylation sites (N-methyl/N-ethyl adjacent to an activating group) is 1. The molecular weight excluding hydrogens is 306 g/mol. The van der Waals surface area contributed by atoms with Crippen molar-refractivity contribution in [1.29, 1.82) is 0 Å². The van der Waals surface area contributed by atoms with Crippen molar-refractivity contribution in [3.8, 4) is 0 Å². The van der Waals surface area contributed by atoms with Gasteiger partial charge in [-0.3, -0.25) is 9.78 Å². The van der Waals surface area contributed by atoms with Gasteiger partial charge >= 0.3 is 0 Å². The fourth-order valence-electron chi connectivity index (χ4n) is 3.09. The Morgan fingerprint density at radius 2 is 2.35 bits per heavy atom. The number of nitrogens with zero attached hydrogens (tertiary/aromatic N) is 3. The standard InChI is InChI=1S/C18H23N3OS/c1-20(11-7-16-5-2-3-9-19-16)17-6-4-10-21(13-17)18(22)15-8-12-23-14-15/h2-3,5,8-9,12,14,17H,4,6-7,10-11,13H2,1H3. The summed E-state index contributed by atoms with van der Waals surface area (Å²) >= 11 is 1.58. The summed E-state index contributed by atoms with van der Waals surface area (Å²) in [6.07, 6.45) is 5.03. The Hall–Kier alpha value is -1.72. The van der Waals surface area contributed by atoms with Crippen LogP contribution in [0.5, 0.6) is 0 Å². The van der Waals surface area contributed by atoms with E-state index in [9.17, 15) is 4.79 Å². The van der Waals surface area contributed by atoms with E-state index in [2.05, 4.69) is 23.0 Å². The lowest BCUT2D eigenvalue weighted by Gasteiger charge is -2.37. The molecule has 1 saturated heterocycles. The van der Waals surface area contributed by atoms with Gasteiger partial charge in [-0.2, -0.15) is 11.3 Å². The maximum Gasteiger partial charge on any atom is 0.254 e. The van der Waals surface area contributed by atoms with Crippen LogP contribution in [0.15, 0.2) is 41.2 Å². The second-order valence-corrected chi connectivity index (χ2v) is 6.89. The highest BCUT2D eigenvalue weighted by atomic mass is 32.1. The molecular formula is C18H23N3OS. The smallest absolute Gasteiger partial charge is 0.254 e. The zero-order valence-corrected chi connectivity index (χ0v) is 14.3. The SMILES string of the molecule is CN(CCc1ccccn1)C1CCCN(C(=O)c2ccsc2)C1. The van der Waals surface area contributed by atoms with Gasteiger partial charge in [-0.15, -0.1) is 0 Å². The molecule has 1 unspecified atom stereocenters. The van der Waals surface area contributed by atoms with E-state index in [0.29, 0.717) is 6.04 Å². The van der Waals surface area contributed by atoms with Crippen molar-refractivity contribution < 1.29 is 4.79 Å². The molecule has 0 saturated carbocycles. The molecule has 0 radical (unpaired) electrons. The normalized spacial score (nSPS) is 18.3. The highest BCUT2D eigenvalue weighted by Crippen LogP contribution is 2.18. The predicted molar refractivity (Wildman–Crippen MR) is 93.8 cm³/mol. The van der Waals surface area contributed by atoms with Gasteiger partial charge in [0.1, 0.15) is 0 Å². The van der Waals surface area contributed by atoms with E-state index in [1.165, 1.54) is 0 Å². The van der Waals surface area contributed by atoms with Crippen LogP contribution in [0.3, 0.4) is 0 Å². The lowest BCUT2D eigenvalue weighted by atomic mass is 10.0. The van der Waals surface area contributed by atoms with E-state index in [1.54, 1.807) is 11.3 Å². The highest BCUT2D eigenvalue weighted by Gasteiger charge is 2.26. The van der Waals surface area contributed by atoms with Crippen LogP contribution < -0.4 is 0 Å². The molecule has 1 aliphatic rings. The summed E-state index contributed by atoms with van der Waals surface area (Å²) in [5, 5.41) is 3.91. The van der Waals surface area contributed by atoms with E-state index in [0.717, 1.165) is 50.2 Å². The van der Waals surface area contributed by atoms with Crippen molar-refractivity contribution in [1.82, 2.24) is 14.8 Å². The molecule has 1 aliphatic heterocycles. The molecule has 4 nitrogen and oxygen atoms in total. The van der Waals surface area contributed by atoms with E-state index in [1.807, 2.05) is 40.1 Å². The molecule has 3 heterocycles.